The first-order valence-electron chi connectivity index (χ1n) is 8.28. The molecule has 0 saturated carbocycles. The summed E-state index contributed by atoms with van der Waals surface area (Å²) in [5.74, 6) is 0.512. The van der Waals surface area contributed by atoms with Crippen molar-refractivity contribution in [2.45, 2.75) is 12.5 Å². The standard InChI is InChI=1S/C22H21NO2/c1-22(18-11-5-2-6-12-18,19-13-7-3-8-14-19)23-21(24)17-25-20-15-9-4-10-16-20/h2-16H,17H2,1H3,(H,23,24). The molecule has 3 rings (SSSR count). The van der Waals surface area contributed by atoms with Crippen molar-refractivity contribution in [3.05, 3.63) is 102 Å². The average molecular weight is 331 g/mol. The number of hydrogen-bond donors (Lipinski definition) is 1. The van der Waals surface area contributed by atoms with E-state index in [9.17, 15) is 4.79 Å². The molecule has 25 heavy (non-hydrogen) atoms. The van der Waals surface area contributed by atoms with Crippen LogP contribution >= 0.6 is 0 Å². The minimum atomic E-state index is -0.625. The van der Waals surface area contributed by atoms with Crippen LogP contribution in [0.15, 0.2) is 91.0 Å². The summed E-state index contributed by atoms with van der Waals surface area (Å²) in [5, 5.41) is 3.13. The highest BCUT2D eigenvalue weighted by atomic mass is 16.5. The van der Waals surface area contributed by atoms with Gasteiger partial charge in [0.15, 0.2) is 6.61 Å². The second-order valence-electron chi connectivity index (χ2n) is 6.01. The first-order valence-corrected chi connectivity index (χ1v) is 8.28. The van der Waals surface area contributed by atoms with Gasteiger partial charge in [0.1, 0.15) is 5.75 Å². The number of carbonyl (C=O) groups is 1. The van der Waals surface area contributed by atoms with E-state index in [0.717, 1.165) is 11.1 Å². The summed E-state index contributed by atoms with van der Waals surface area (Å²) in [6, 6.07) is 29.3. The molecular weight excluding hydrogens is 310 g/mol. The van der Waals surface area contributed by atoms with Crippen LogP contribution in [-0.4, -0.2) is 12.5 Å². The molecule has 126 valence electrons. The molecule has 3 nitrogen and oxygen atoms in total. The van der Waals surface area contributed by atoms with Gasteiger partial charge in [-0.05, 0) is 30.2 Å². The Morgan fingerprint density at radius 2 is 1.24 bits per heavy atom. The lowest BCUT2D eigenvalue weighted by Crippen LogP contribution is -2.46. The highest BCUT2D eigenvalue weighted by Gasteiger charge is 2.30. The van der Waals surface area contributed by atoms with Crippen molar-refractivity contribution < 1.29 is 9.53 Å². The lowest BCUT2D eigenvalue weighted by molar-refractivity contribution is -0.124. The Balaban J connectivity index is 1.80. The summed E-state index contributed by atoms with van der Waals surface area (Å²) >= 11 is 0. The predicted octanol–water partition coefficient (Wildman–Crippen LogP) is 4.15. The van der Waals surface area contributed by atoms with Gasteiger partial charge in [-0.25, -0.2) is 0 Å². The minimum absolute atomic E-state index is 0.0285. The smallest absolute Gasteiger partial charge is 0.258 e. The van der Waals surface area contributed by atoms with E-state index in [-0.39, 0.29) is 12.5 Å². The summed E-state index contributed by atoms with van der Waals surface area (Å²) in [4.78, 5) is 12.5. The summed E-state index contributed by atoms with van der Waals surface area (Å²) in [5.41, 5.74) is 1.42. The maximum atomic E-state index is 12.5. The predicted molar refractivity (Wildman–Crippen MR) is 99.4 cm³/mol. The van der Waals surface area contributed by atoms with Crippen molar-refractivity contribution >= 4 is 5.91 Å². The molecule has 0 aromatic heterocycles. The molecule has 0 fully saturated rings. The Bertz CT molecular complexity index is 762. The van der Waals surface area contributed by atoms with Gasteiger partial charge in [-0.1, -0.05) is 78.9 Å². The van der Waals surface area contributed by atoms with Gasteiger partial charge in [0.25, 0.3) is 5.91 Å². The molecule has 3 aromatic carbocycles. The molecule has 0 heterocycles. The molecule has 0 saturated heterocycles. The zero-order valence-electron chi connectivity index (χ0n) is 14.2. The highest BCUT2D eigenvalue weighted by molar-refractivity contribution is 5.79. The van der Waals surface area contributed by atoms with Gasteiger partial charge >= 0.3 is 0 Å². The molecular formula is C22H21NO2. The molecule has 0 bridgehead atoms. The number of nitrogens with one attached hydrogen (secondary N) is 1. The Hall–Kier alpha value is -3.07. The summed E-state index contributed by atoms with van der Waals surface area (Å²) in [6.07, 6.45) is 0. The number of carbonyl (C=O) groups excluding carboxylic acids is 1. The van der Waals surface area contributed by atoms with Gasteiger partial charge in [0, 0.05) is 0 Å². The van der Waals surface area contributed by atoms with E-state index in [4.69, 9.17) is 4.74 Å². The van der Waals surface area contributed by atoms with Crippen molar-refractivity contribution in [1.82, 2.24) is 5.32 Å². The first kappa shape index (κ1) is 16.8. The molecule has 3 heteroatoms. The molecule has 0 aliphatic carbocycles. The van der Waals surface area contributed by atoms with E-state index in [1.807, 2.05) is 97.9 Å². The van der Waals surface area contributed by atoms with Crippen LogP contribution in [0.2, 0.25) is 0 Å². The average Bonchev–Trinajstić information content (AvgIpc) is 2.68. The van der Waals surface area contributed by atoms with Crippen LogP contribution in [0.3, 0.4) is 0 Å². The van der Waals surface area contributed by atoms with Gasteiger partial charge in [0.2, 0.25) is 0 Å². The quantitative estimate of drug-likeness (QED) is 0.737. The second-order valence-corrected chi connectivity index (χ2v) is 6.01. The van der Waals surface area contributed by atoms with Crippen LogP contribution in [-0.2, 0) is 10.3 Å². The molecule has 0 atom stereocenters. The summed E-state index contributed by atoms with van der Waals surface area (Å²) < 4.78 is 5.57. The third-order valence-corrected chi connectivity index (χ3v) is 4.20. The molecule has 0 unspecified atom stereocenters. The van der Waals surface area contributed by atoms with Crippen molar-refractivity contribution in [3.8, 4) is 5.75 Å². The van der Waals surface area contributed by atoms with Crippen LogP contribution in [0.1, 0.15) is 18.1 Å². The normalized spacial score (nSPS) is 10.9. The van der Waals surface area contributed by atoms with E-state index in [1.165, 1.54) is 0 Å². The molecule has 3 aromatic rings. The number of amides is 1. The van der Waals surface area contributed by atoms with E-state index in [0.29, 0.717) is 5.75 Å². The zero-order chi connectivity index (χ0) is 17.5. The third kappa shape index (κ3) is 4.07. The fourth-order valence-electron chi connectivity index (χ4n) is 2.83. The highest BCUT2D eigenvalue weighted by Crippen LogP contribution is 2.29. The second kappa shape index (κ2) is 7.67. The SMILES string of the molecule is CC(NC(=O)COc1ccccc1)(c1ccccc1)c1ccccc1. The number of hydrogen-bond acceptors (Lipinski definition) is 2. The van der Waals surface area contributed by atoms with Gasteiger partial charge in [-0.15, -0.1) is 0 Å². The monoisotopic (exact) mass is 331 g/mol. The van der Waals surface area contributed by atoms with E-state index < -0.39 is 5.54 Å². The molecule has 0 aliphatic heterocycles. The van der Waals surface area contributed by atoms with Crippen molar-refractivity contribution in [2.75, 3.05) is 6.61 Å². The lowest BCUT2D eigenvalue weighted by Gasteiger charge is -2.32. The van der Waals surface area contributed by atoms with E-state index in [1.54, 1.807) is 0 Å². The maximum Gasteiger partial charge on any atom is 0.258 e. The van der Waals surface area contributed by atoms with Crippen LogP contribution in [0.4, 0.5) is 0 Å². The topological polar surface area (TPSA) is 38.3 Å². The van der Waals surface area contributed by atoms with Crippen LogP contribution < -0.4 is 10.1 Å². The summed E-state index contributed by atoms with van der Waals surface area (Å²) in [6.45, 7) is 1.98. The Morgan fingerprint density at radius 1 is 0.800 bits per heavy atom. The van der Waals surface area contributed by atoms with Gasteiger partial charge in [0.05, 0.1) is 5.54 Å². The number of para-hydroxylation sites is 1. The molecule has 0 aliphatic rings. The lowest BCUT2D eigenvalue weighted by atomic mass is 9.84. The fourth-order valence-corrected chi connectivity index (χ4v) is 2.83. The minimum Gasteiger partial charge on any atom is -0.484 e. The Labute approximate surface area is 148 Å². The zero-order valence-corrected chi connectivity index (χ0v) is 14.2. The Morgan fingerprint density at radius 3 is 1.72 bits per heavy atom. The molecule has 0 radical (unpaired) electrons. The van der Waals surface area contributed by atoms with Crippen molar-refractivity contribution in [2.24, 2.45) is 0 Å². The van der Waals surface area contributed by atoms with E-state index >= 15 is 0 Å². The van der Waals surface area contributed by atoms with Crippen LogP contribution in [0.5, 0.6) is 5.75 Å². The van der Waals surface area contributed by atoms with Gasteiger partial charge in [-0.2, -0.15) is 0 Å². The third-order valence-electron chi connectivity index (χ3n) is 4.20. The van der Waals surface area contributed by atoms with E-state index in [2.05, 4.69) is 5.32 Å². The van der Waals surface area contributed by atoms with Crippen molar-refractivity contribution in [1.29, 1.82) is 0 Å². The maximum absolute atomic E-state index is 12.5. The van der Waals surface area contributed by atoms with Gasteiger partial charge in [-0.3, -0.25) is 4.79 Å². The molecule has 1 amide bonds. The summed E-state index contributed by atoms with van der Waals surface area (Å²) in [7, 11) is 0. The molecule has 0 spiro atoms. The van der Waals surface area contributed by atoms with Crippen molar-refractivity contribution in [3.63, 3.8) is 0 Å². The molecule has 1 N–H and O–H groups in total. The first-order chi connectivity index (χ1) is 12.2. The largest absolute Gasteiger partial charge is 0.484 e. The number of ether oxygens (including phenoxy) is 1. The Kier molecular flexibility index (Phi) is 5.14. The number of rotatable bonds is 6. The fraction of sp³-hybridized carbons (Fsp3) is 0.136. The van der Waals surface area contributed by atoms with Gasteiger partial charge < -0.3 is 10.1 Å². The van der Waals surface area contributed by atoms with Crippen LogP contribution in [0, 0.1) is 0 Å². The van der Waals surface area contributed by atoms with Crippen LogP contribution in [0.25, 0.3) is 0 Å². The number of benzene rings is 3.